The molecule has 1 fully saturated rings. The van der Waals surface area contributed by atoms with Gasteiger partial charge in [0.1, 0.15) is 11.5 Å². The van der Waals surface area contributed by atoms with Crippen molar-refractivity contribution in [3.63, 3.8) is 0 Å². The predicted molar refractivity (Wildman–Crippen MR) is 88.4 cm³/mol. The summed E-state index contributed by atoms with van der Waals surface area (Å²) in [5.74, 6) is -3.06. The molecule has 1 saturated carbocycles. The number of carbonyl (C=O) groups is 2. The molecule has 3 N–H and O–H groups in total. The number of rotatable bonds is 4. The number of aliphatic carboxylic acids is 1. The summed E-state index contributed by atoms with van der Waals surface area (Å²) in [6, 6.07) is 12.3. The van der Waals surface area contributed by atoms with Gasteiger partial charge >= 0.3 is 11.9 Å². The summed E-state index contributed by atoms with van der Waals surface area (Å²) in [7, 11) is 1.17. The van der Waals surface area contributed by atoms with Gasteiger partial charge in [-0.25, -0.2) is 0 Å². The Labute approximate surface area is 144 Å². The van der Waals surface area contributed by atoms with Crippen LogP contribution < -0.4 is 0 Å². The Bertz CT molecular complexity index is 742. The van der Waals surface area contributed by atoms with E-state index < -0.39 is 29.2 Å². The normalized spacial score (nSPS) is 25.0. The minimum absolute atomic E-state index is 0.0668. The SMILES string of the molecule is COC(=O)C1(C(=O)O)C(c2ccc(O)cc2)CC1c1ccc(O)cc1. The van der Waals surface area contributed by atoms with E-state index in [0.717, 1.165) is 0 Å². The molecule has 2 unspecified atom stereocenters. The zero-order valence-electron chi connectivity index (χ0n) is 13.5. The van der Waals surface area contributed by atoms with Gasteiger partial charge in [-0.2, -0.15) is 0 Å². The smallest absolute Gasteiger partial charge is 0.324 e. The number of phenols is 2. The van der Waals surface area contributed by atoms with E-state index in [-0.39, 0.29) is 11.5 Å². The molecule has 0 aromatic heterocycles. The number of carboxylic acids is 1. The van der Waals surface area contributed by atoms with Gasteiger partial charge in [-0.1, -0.05) is 24.3 Å². The largest absolute Gasteiger partial charge is 0.508 e. The quantitative estimate of drug-likeness (QED) is 0.583. The van der Waals surface area contributed by atoms with Crippen molar-refractivity contribution in [1.29, 1.82) is 0 Å². The van der Waals surface area contributed by atoms with Crippen LogP contribution in [-0.4, -0.2) is 34.4 Å². The number of ether oxygens (including phenoxy) is 1. The van der Waals surface area contributed by atoms with Crippen molar-refractivity contribution in [2.45, 2.75) is 18.3 Å². The van der Waals surface area contributed by atoms with Crippen LogP contribution in [0.3, 0.4) is 0 Å². The molecule has 0 heterocycles. The molecule has 0 radical (unpaired) electrons. The third kappa shape index (κ3) is 2.50. The molecule has 2 aromatic rings. The molecule has 25 heavy (non-hydrogen) atoms. The summed E-state index contributed by atoms with van der Waals surface area (Å²) in [5.41, 5.74) is -0.441. The van der Waals surface area contributed by atoms with Crippen molar-refractivity contribution < 1.29 is 29.6 Å². The van der Waals surface area contributed by atoms with Gasteiger partial charge < -0.3 is 20.1 Å². The lowest BCUT2D eigenvalue weighted by atomic mass is 9.49. The molecular formula is C19H18O6. The number of hydrogen-bond acceptors (Lipinski definition) is 5. The predicted octanol–water partition coefficient (Wildman–Crippen LogP) is 2.61. The Hall–Kier alpha value is -3.02. The molecular weight excluding hydrogens is 324 g/mol. The van der Waals surface area contributed by atoms with Gasteiger partial charge in [0.2, 0.25) is 0 Å². The third-order valence-corrected chi connectivity index (χ3v) is 5.04. The maximum Gasteiger partial charge on any atom is 0.324 e. The van der Waals surface area contributed by atoms with Crippen LogP contribution >= 0.6 is 0 Å². The summed E-state index contributed by atoms with van der Waals surface area (Å²) >= 11 is 0. The first-order valence-corrected chi connectivity index (χ1v) is 7.81. The van der Waals surface area contributed by atoms with Gasteiger partial charge in [-0.15, -0.1) is 0 Å². The van der Waals surface area contributed by atoms with Crippen molar-refractivity contribution in [3.05, 3.63) is 59.7 Å². The fourth-order valence-electron chi connectivity index (χ4n) is 3.74. The number of aromatic hydroxyl groups is 2. The average Bonchev–Trinajstić information content (AvgIpc) is 2.57. The first-order chi connectivity index (χ1) is 11.9. The van der Waals surface area contributed by atoms with Gasteiger partial charge in [-0.3, -0.25) is 9.59 Å². The van der Waals surface area contributed by atoms with E-state index in [0.29, 0.717) is 17.5 Å². The number of benzene rings is 2. The Balaban J connectivity index is 2.09. The number of carboxylic acid groups (broad SMARTS) is 1. The summed E-state index contributed by atoms with van der Waals surface area (Å²) < 4.78 is 4.85. The Morgan fingerprint density at radius 2 is 1.32 bits per heavy atom. The molecule has 1 aliphatic carbocycles. The van der Waals surface area contributed by atoms with Crippen LogP contribution in [0.15, 0.2) is 48.5 Å². The van der Waals surface area contributed by atoms with Crippen molar-refractivity contribution >= 4 is 11.9 Å². The summed E-state index contributed by atoms with van der Waals surface area (Å²) in [4.78, 5) is 24.8. The highest BCUT2D eigenvalue weighted by atomic mass is 16.5. The van der Waals surface area contributed by atoms with Crippen molar-refractivity contribution in [2.75, 3.05) is 7.11 Å². The first-order valence-electron chi connectivity index (χ1n) is 7.81. The lowest BCUT2D eigenvalue weighted by molar-refractivity contribution is -0.179. The first kappa shape index (κ1) is 16.8. The summed E-state index contributed by atoms with van der Waals surface area (Å²) in [6.07, 6.45) is 0.441. The van der Waals surface area contributed by atoms with E-state index in [1.807, 2.05) is 0 Å². The maximum atomic E-state index is 12.6. The van der Waals surface area contributed by atoms with Gasteiger partial charge in [0.15, 0.2) is 5.41 Å². The molecule has 0 aliphatic heterocycles. The minimum Gasteiger partial charge on any atom is -0.508 e. The van der Waals surface area contributed by atoms with Crippen LogP contribution in [0.5, 0.6) is 11.5 Å². The Morgan fingerprint density at radius 1 is 0.920 bits per heavy atom. The molecule has 3 rings (SSSR count). The van der Waals surface area contributed by atoms with Crippen LogP contribution in [0, 0.1) is 5.41 Å². The monoisotopic (exact) mass is 342 g/mol. The summed E-state index contributed by atoms with van der Waals surface area (Å²) in [6.45, 7) is 0. The second-order valence-corrected chi connectivity index (χ2v) is 6.19. The van der Waals surface area contributed by atoms with Crippen LogP contribution in [0.1, 0.15) is 29.4 Å². The zero-order chi connectivity index (χ0) is 18.2. The van der Waals surface area contributed by atoms with Gasteiger partial charge in [0.05, 0.1) is 7.11 Å². The van der Waals surface area contributed by atoms with Gasteiger partial charge in [-0.05, 0) is 41.8 Å². The number of methoxy groups -OCH3 is 1. The Kier molecular flexibility index (Phi) is 4.12. The lowest BCUT2D eigenvalue weighted by Gasteiger charge is -2.51. The standard InChI is InChI=1S/C19H18O6/c1-25-18(24)19(17(22)23)15(11-2-6-13(20)7-3-11)10-16(19)12-4-8-14(21)9-5-12/h2-9,15-16,20-21H,10H2,1H3,(H,22,23). The molecule has 1 aliphatic rings. The second-order valence-electron chi connectivity index (χ2n) is 6.19. The molecule has 0 bridgehead atoms. The number of phenolic OH excluding ortho intramolecular Hbond substituents is 2. The van der Waals surface area contributed by atoms with E-state index in [9.17, 15) is 24.9 Å². The number of carbonyl (C=O) groups excluding carboxylic acids is 1. The highest BCUT2D eigenvalue weighted by Gasteiger charge is 2.67. The van der Waals surface area contributed by atoms with E-state index in [1.54, 1.807) is 24.3 Å². The fraction of sp³-hybridized carbons (Fsp3) is 0.263. The van der Waals surface area contributed by atoms with Crippen molar-refractivity contribution in [3.8, 4) is 11.5 Å². The highest BCUT2D eigenvalue weighted by Crippen LogP contribution is 2.62. The molecule has 2 atom stereocenters. The van der Waals surface area contributed by atoms with E-state index in [2.05, 4.69) is 0 Å². The van der Waals surface area contributed by atoms with Crippen LogP contribution in [0.25, 0.3) is 0 Å². The van der Waals surface area contributed by atoms with Gasteiger partial charge in [0.25, 0.3) is 0 Å². The molecule has 2 aromatic carbocycles. The Morgan fingerprint density at radius 3 is 1.64 bits per heavy atom. The van der Waals surface area contributed by atoms with Gasteiger partial charge in [0, 0.05) is 11.8 Å². The minimum atomic E-state index is -1.75. The topological polar surface area (TPSA) is 104 Å². The molecule has 6 heteroatoms. The van der Waals surface area contributed by atoms with Crippen LogP contribution in [0.2, 0.25) is 0 Å². The zero-order valence-corrected chi connectivity index (χ0v) is 13.5. The maximum absolute atomic E-state index is 12.6. The van der Waals surface area contributed by atoms with E-state index >= 15 is 0 Å². The lowest BCUT2D eigenvalue weighted by Crippen LogP contribution is -2.57. The second kappa shape index (κ2) is 6.12. The molecule has 6 nitrogen and oxygen atoms in total. The molecule has 0 spiro atoms. The van der Waals surface area contributed by atoms with Crippen molar-refractivity contribution in [2.24, 2.45) is 5.41 Å². The average molecular weight is 342 g/mol. The van der Waals surface area contributed by atoms with Crippen molar-refractivity contribution in [1.82, 2.24) is 0 Å². The number of hydrogen-bond donors (Lipinski definition) is 3. The molecule has 130 valence electrons. The summed E-state index contributed by atoms with van der Waals surface area (Å²) in [5, 5.41) is 28.9. The van der Waals surface area contributed by atoms with E-state index in [1.165, 1.54) is 31.4 Å². The molecule has 0 amide bonds. The third-order valence-electron chi connectivity index (χ3n) is 5.04. The number of esters is 1. The van der Waals surface area contributed by atoms with Crippen LogP contribution in [0.4, 0.5) is 0 Å². The van der Waals surface area contributed by atoms with Crippen LogP contribution in [-0.2, 0) is 14.3 Å². The highest BCUT2D eigenvalue weighted by molar-refractivity contribution is 6.03. The molecule has 0 saturated heterocycles. The van der Waals surface area contributed by atoms with E-state index in [4.69, 9.17) is 4.74 Å². The fourth-order valence-corrected chi connectivity index (χ4v) is 3.74.